The molecule has 2 rings (SSSR count). The van der Waals surface area contributed by atoms with Gasteiger partial charge in [-0.25, -0.2) is 9.78 Å². The van der Waals surface area contributed by atoms with E-state index in [9.17, 15) is 4.79 Å². The number of nitrogens with one attached hydrogen (secondary N) is 1. The monoisotopic (exact) mass is 207 g/mol. The Balaban J connectivity index is 2.45. The first-order chi connectivity index (χ1) is 7.24. The minimum absolute atomic E-state index is 0.0960. The Labute approximate surface area is 84.9 Å². The number of hydrogen-bond acceptors (Lipinski definition) is 5. The summed E-state index contributed by atoms with van der Waals surface area (Å²) in [7, 11) is 1.28. The fraction of sp³-hybridized carbons (Fsp3) is 0.125. The molecule has 0 bridgehead atoms. The number of nitrogen functional groups attached to an aromatic ring is 1. The van der Waals surface area contributed by atoms with Gasteiger partial charge >= 0.3 is 5.97 Å². The van der Waals surface area contributed by atoms with Crippen molar-refractivity contribution in [1.29, 1.82) is 0 Å². The van der Waals surface area contributed by atoms with Gasteiger partial charge in [-0.3, -0.25) is 9.67 Å². The van der Waals surface area contributed by atoms with E-state index in [1.165, 1.54) is 18.0 Å². The van der Waals surface area contributed by atoms with Crippen molar-refractivity contribution in [2.45, 2.75) is 0 Å². The van der Waals surface area contributed by atoms with E-state index in [4.69, 9.17) is 5.73 Å². The molecule has 7 nitrogen and oxygen atoms in total. The number of esters is 1. The van der Waals surface area contributed by atoms with E-state index in [1.807, 2.05) is 0 Å². The van der Waals surface area contributed by atoms with Gasteiger partial charge in [0.2, 0.25) is 0 Å². The van der Waals surface area contributed by atoms with Crippen molar-refractivity contribution in [2.24, 2.45) is 0 Å². The number of ether oxygens (including phenoxy) is 1. The van der Waals surface area contributed by atoms with Crippen molar-refractivity contribution in [3.63, 3.8) is 0 Å². The van der Waals surface area contributed by atoms with E-state index in [2.05, 4.69) is 19.9 Å². The summed E-state index contributed by atoms with van der Waals surface area (Å²) in [6, 6.07) is 0. The predicted octanol–water partition coefficient (Wildman–Crippen LogP) is -0.0358. The zero-order valence-corrected chi connectivity index (χ0v) is 7.97. The molecule has 2 aromatic heterocycles. The first-order valence-corrected chi connectivity index (χ1v) is 4.14. The van der Waals surface area contributed by atoms with Gasteiger partial charge in [-0.05, 0) is 0 Å². The molecular formula is C8H9N5O2. The number of anilines is 1. The number of aromatic nitrogens is 4. The van der Waals surface area contributed by atoms with Crippen LogP contribution in [-0.2, 0) is 4.74 Å². The van der Waals surface area contributed by atoms with Gasteiger partial charge in [0.05, 0.1) is 19.0 Å². The highest BCUT2D eigenvalue weighted by Gasteiger charge is 2.16. The van der Waals surface area contributed by atoms with E-state index in [0.29, 0.717) is 5.69 Å². The van der Waals surface area contributed by atoms with Gasteiger partial charge in [0.15, 0.2) is 5.69 Å². The van der Waals surface area contributed by atoms with Crippen LogP contribution in [0.2, 0.25) is 0 Å². The molecule has 0 unspecified atom stereocenters. The zero-order chi connectivity index (χ0) is 10.8. The molecule has 2 heterocycles. The third-order valence-corrected chi connectivity index (χ3v) is 1.95. The Kier molecular flexibility index (Phi) is 2.13. The minimum atomic E-state index is -0.560. The maximum Gasteiger partial charge on any atom is 0.360 e. The Hall–Kier alpha value is -2.31. The second-order valence-corrected chi connectivity index (χ2v) is 2.80. The number of H-pyrrole nitrogens is 1. The Morgan fingerprint density at radius 3 is 3.07 bits per heavy atom. The molecule has 0 amide bonds. The summed E-state index contributed by atoms with van der Waals surface area (Å²) in [5.41, 5.74) is 6.53. The third kappa shape index (κ3) is 1.43. The van der Waals surface area contributed by atoms with Gasteiger partial charge in [-0.2, -0.15) is 5.10 Å². The molecule has 0 aromatic carbocycles. The number of rotatable bonds is 2. The van der Waals surface area contributed by atoms with Crippen LogP contribution in [0, 0.1) is 0 Å². The average Bonchev–Trinajstić information content (AvgIpc) is 2.85. The highest BCUT2D eigenvalue weighted by Crippen LogP contribution is 2.16. The summed E-state index contributed by atoms with van der Waals surface area (Å²) in [6.45, 7) is 0. The van der Waals surface area contributed by atoms with Crippen molar-refractivity contribution in [2.75, 3.05) is 12.8 Å². The SMILES string of the molecule is COC(=O)c1ncn(-c2cn[nH]c2)c1N. The third-order valence-electron chi connectivity index (χ3n) is 1.95. The molecule has 2 aromatic rings. The lowest BCUT2D eigenvalue weighted by atomic mass is 10.4. The number of imidazole rings is 1. The van der Waals surface area contributed by atoms with Crippen LogP contribution in [0.1, 0.15) is 10.5 Å². The number of aromatic amines is 1. The topological polar surface area (TPSA) is 98.8 Å². The van der Waals surface area contributed by atoms with Crippen LogP contribution in [0.4, 0.5) is 5.82 Å². The van der Waals surface area contributed by atoms with Gasteiger partial charge in [0, 0.05) is 6.20 Å². The quantitative estimate of drug-likeness (QED) is 0.673. The predicted molar refractivity (Wildman–Crippen MR) is 51.5 cm³/mol. The summed E-state index contributed by atoms with van der Waals surface area (Å²) >= 11 is 0. The number of nitrogens with zero attached hydrogens (tertiary/aromatic N) is 3. The van der Waals surface area contributed by atoms with Crippen molar-refractivity contribution in [3.8, 4) is 5.69 Å². The highest BCUT2D eigenvalue weighted by atomic mass is 16.5. The highest BCUT2D eigenvalue weighted by molar-refractivity contribution is 5.92. The first-order valence-electron chi connectivity index (χ1n) is 4.14. The van der Waals surface area contributed by atoms with Gasteiger partial charge in [-0.15, -0.1) is 0 Å². The molecule has 78 valence electrons. The summed E-state index contributed by atoms with van der Waals surface area (Å²) in [4.78, 5) is 15.1. The zero-order valence-electron chi connectivity index (χ0n) is 7.97. The van der Waals surface area contributed by atoms with E-state index in [-0.39, 0.29) is 11.5 Å². The van der Waals surface area contributed by atoms with Crippen LogP contribution in [0.5, 0.6) is 0 Å². The molecule has 0 aliphatic carbocycles. The lowest BCUT2D eigenvalue weighted by molar-refractivity contribution is 0.0596. The van der Waals surface area contributed by atoms with Crippen LogP contribution in [0.3, 0.4) is 0 Å². The van der Waals surface area contributed by atoms with Crippen molar-refractivity contribution >= 4 is 11.8 Å². The molecular weight excluding hydrogens is 198 g/mol. The maximum atomic E-state index is 11.2. The summed E-state index contributed by atoms with van der Waals surface area (Å²) in [5, 5.41) is 6.41. The number of carbonyl (C=O) groups excluding carboxylic acids is 1. The summed E-state index contributed by atoms with van der Waals surface area (Å²) < 4.78 is 6.07. The molecule has 0 fully saturated rings. The molecule has 0 atom stereocenters. The molecule has 3 N–H and O–H groups in total. The van der Waals surface area contributed by atoms with E-state index >= 15 is 0 Å². The van der Waals surface area contributed by atoms with E-state index < -0.39 is 5.97 Å². The summed E-state index contributed by atoms with van der Waals surface area (Å²) in [6.07, 6.45) is 4.64. The molecule has 0 saturated carbocycles. The van der Waals surface area contributed by atoms with Gasteiger partial charge in [0.1, 0.15) is 12.1 Å². The number of nitrogens with two attached hydrogens (primary N) is 1. The van der Waals surface area contributed by atoms with Crippen LogP contribution >= 0.6 is 0 Å². The lowest BCUT2D eigenvalue weighted by Gasteiger charge is -2.00. The number of methoxy groups -OCH3 is 1. The molecule has 15 heavy (non-hydrogen) atoms. The molecule has 0 saturated heterocycles. The van der Waals surface area contributed by atoms with E-state index in [1.54, 1.807) is 12.4 Å². The minimum Gasteiger partial charge on any atom is -0.464 e. The van der Waals surface area contributed by atoms with E-state index in [0.717, 1.165) is 0 Å². The van der Waals surface area contributed by atoms with Crippen molar-refractivity contribution in [1.82, 2.24) is 19.7 Å². The molecule has 0 spiro atoms. The molecule has 0 aliphatic rings. The second kappa shape index (κ2) is 3.45. The smallest absolute Gasteiger partial charge is 0.360 e. The maximum absolute atomic E-state index is 11.2. The molecule has 0 radical (unpaired) electrons. The van der Waals surface area contributed by atoms with Gasteiger partial charge in [0.25, 0.3) is 0 Å². The fourth-order valence-electron chi connectivity index (χ4n) is 1.19. The normalized spacial score (nSPS) is 10.2. The Morgan fingerprint density at radius 1 is 1.67 bits per heavy atom. The fourth-order valence-corrected chi connectivity index (χ4v) is 1.19. The van der Waals surface area contributed by atoms with Crippen LogP contribution in [-0.4, -0.2) is 32.8 Å². The largest absolute Gasteiger partial charge is 0.464 e. The lowest BCUT2D eigenvalue weighted by Crippen LogP contribution is -2.07. The first kappa shape index (κ1) is 9.25. The average molecular weight is 207 g/mol. The molecule has 7 heteroatoms. The van der Waals surface area contributed by atoms with Crippen LogP contribution in [0.25, 0.3) is 5.69 Å². The number of hydrogen-bond donors (Lipinski definition) is 2. The van der Waals surface area contributed by atoms with Crippen molar-refractivity contribution < 1.29 is 9.53 Å². The Morgan fingerprint density at radius 2 is 2.47 bits per heavy atom. The standard InChI is InChI=1S/C8H9N5O2/c1-15-8(14)6-7(9)13(4-10-6)5-2-11-12-3-5/h2-4H,9H2,1H3,(H,11,12). The number of carbonyl (C=O) groups is 1. The van der Waals surface area contributed by atoms with Crippen molar-refractivity contribution in [3.05, 3.63) is 24.4 Å². The second-order valence-electron chi connectivity index (χ2n) is 2.80. The van der Waals surface area contributed by atoms with Gasteiger partial charge < -0.3 is 10.5 Å². The van der Waals surface area contributed by atoms with Gasteiger partial charge in [-0.1, -0.05) is 0 Å². The Bertz CT molecular complexity index is 473. The summed E-state index contributed by atoms with van der Waals surface area (Å²) in [5.74, 6) is -0.335. The van der Waals surface area contributed by atoms with Crippen LogP contribution < -0.4 is 5.73 Å². The van der Waals surface area contributed by atoms with Crippen LogP contribution in [0.15, 0.2) is 18.7 Å². The molecule has 0 aliphatic heterocycles.